The Morgan fingerprint density at radius 1 is 1.14 bits per heavy atom. The summed E-state index contributed by atoms with van der Waals surface area (Å²) in [7, 11) is 2.14. The van der Waals surface area contributed by atoms with E-state index in [1.54, 1.807) is 0 Å². The Bertz CT molecular complexity index is 564. The number of aromatic nitrogens is 1. The lowest BCUT2D eigenvalue weighted by Crippen LogP contribution is -2.24. The van der Waals surface area contributed by atoms with Crippen LogP contribution in [0.4, 0.5) is 5.69 Å². The van der Waals surface area contributed by atoms with Gasteiger partial charge in [-0.1, -0.05) is 31.5 Å². The van der Waals surface area contributed by atoms with Gasteiger partial charge in [0.2, 0.25) is 0 Å². The summed E-state index contributed by atoms with van der Waals surface area (Å²) in [5.74, 6) is 0. The summed E-state index contributed by atoms with van der Waals surface area (Å²) in [6, 6.07) is 11.3. The first-order valence-electron chi connectivity index (χ1n) is 7.49. The minimum Gasteiger partial charge on any atom is -0.370 e. The molecule has 1 heterocycles. The van der Waals surface area contributed by atoms with Crippen LogP contribution in [0.25, 0.3) is 0 Å². The van der Waals surface area contributed by atoms with Gasteiger partial charge in [0.1, 0.15) is 0 Å². The molecule has 0 amide bonds. The molecule has 0 atom stereocenters. The van der Waals surface area contributed by atoms with Gasteiger partial charge in [-0.3, -0.25) is 4.98 Å². The highest BCUT2D eigenvalue weighted by molar-refractivity contribution is 5.54. The highest BCUT2D eigenvalue weighted by atomic mass is 15.1. The average molecular weight is 283 g/mol. The highest BCUT2D eigenvalue weighted by Crippen LogP contribution is 2.22. The lowest BCUT2D eigenvalue weighted by Gasteiger charge is -2.24. The van der Waals surface area contributed by atoms with Crippen LogP contribution in [0.5, 0.6) is 0 Å². The molecule has 0 bridgehead atoms. The highest BCUT2D eigenvalue weighted by Gasteiger charge is 2.09. The van der Waals surface area contributed by atoms with Crippen molar-refractivity contribution in [3.63, 3.8) is 0 Å². The van der Waals surface area contributed by atoms with E-state index in [1.807, 2.05) is 12.4 Å². The van der Waals surface area contributed by atoms with Gasteiger partial charge in [0, 0.05) is 44.3 Å². The van der Waals surface area contributed by atoms with Gasteiger partial charge in [0.25, 0.3) is 0 Å². The Kier molecular flexibility index (Phi) is 5.34. The summed E-state index contributed by atoms with van der Waals surface area (Å²) < 4.78 is 0. The van der Waals surface area contributed by atoms with E-state index in [-0.39, 0.29) is 0 Å². The van der Waals surface area contributed by atoms with E-state index < -0.39 is 0 Å². The van der Waals surface area contributed by atoms with Gasteiger partial charge in [0.15, 0.2) is 0 Å². The van der Waals surface area contributed by atoms with Crippen molar-refractivity contribution in [1.29, 1.82) is 0 Å². The van der Waals surface area contributed by atoms with Crippen LogP contribution in [0.2, 0.25) is 0 Å². The fraction of sp³-hybridized carbons (Fsp3) is 0.389. The van der Waals surface area contributed by atoms with Gasteiger partial charge < -0.3 is 10.2 Å². The monoisotopic (exact) mass is 283 g/mol. The smallest absolute Gasteiger partial charge is 0.0427 e. The van der Waals surface area contributed by atoms with E-state index in [9.17, 15) is 0 Å². The van der Waals surface area contributed by atoms with Crippen molar-refractivity contribution in [3.8, 4) is 0 Å². The summed E-state index contributed by atoms with van der Waals surface area (Å²) in [5.41, 5.74) is 5.21. The molecule has 1 N–H and O–H groups in total. The number of rotatable bonds is 6. The van der Waals surface area contributed by atoms with Gasteiger partial charge in [0.05, 0.1) is 0 Å². The molecule has 0 saturated carbocycles. The van der Waals surface area contributed by atoms with Crippen LogP contribution in [0.1, 0.15) is 30.5 Å². The molecule has 2 rings (SSSR count). The molecule has 0 saturated heterocycles. The van der Waals surface area contributed by atoms with Gasteiger partial charge in [-0.05, 0) is 36.2 Å². The van der Waals surface area contributed by atoms with Crippen LogP contribution >= 0.6 is 0 Å². The zero-order chi connectivity index (χ0) is 15.2. The second kappa shape index (κ2) is 7.23. The van der Waals surface area contributed by atoms with Crippen molar-refractivity contribution >= 4 is 5.69 Å². The molecule has 112 valence electrons. The predicted octanol–water partition coefficient (Wildman–Crippen LogP) is 3.52. The summed E-state index contributed by atoms with van der Waals surface area (Å²) in [6.45, 7) is 8.29. The molecule has 1 aromatic carbocycles. The van der Waals surface area contributed by atoms with Crippen LogP contribution < -0.4 is 10.2 Å². The fourth-order valence-electron chi connectivity index (χ4n) is 2.39. The summed E-state index contributed by atoms with van der Waals surface area (Å²) in [4.78, 5) is 6.37. The fourth-order valence-corrected chi connectivity index (χ4v) is 2.39. The number of anilines is 1. The number of hydrogen-bond donors (Lipinski definition) is 1. The number of benzene rings is 1. The molecule has 2 aromatic rings. The van der Waals surface area contributed by atoms with Gasteiger partial charge in [-0.2, -0.15) is 0 Å². The average Bonchev–Trinajstić information content (AvgIpc) is 2.46. The molecule has 0 aliphatic rings. The molecule has 3 nitrogen and oxygen atoms in total. The van der Waals surface area contributed by atoms with Crippen LogP contribution in [0, 0.1) is 6.92 Å². The number of nitrogens with zero attached hydrogens (tertiary/aromatic N) is 2. The Morgan fingerprint density at radius 3 is 2.52 bits per heavy atom. The third-order valence-corrected chi connectivity index (χ3v) is 3.52. The SMILES string of the molecule is Cc1ccc(N(C)Cc2ccncc2)c(CNC(C)C)c1. The molecule has 0 fully saturated rings. The zero-order valence-electron chi connectivity index (χ0n) is 13.4. The Hall–Kier alpha value is -1.87. The molecule has 0 aliphatic carbocycles. The van der Waals surface area contributed by atoms with Crippen LogP contribution in [0.3, 0.4) is 0 Å². The van der Waals surface area contributed by atoms with Crippen molar-refractivity contribution in [2.45, 2.75) is 39.9 Å². The zero-order valence-corrected chi connectivity index (χ0v) is 13.4. The Labute approximate surface area is 128 Å². The number of pyridine rings is 1. The third kappa shape index (κ3) is 4.57. The molecular weight excluding hydrogens is 258 g/mol. The molecule has 0 spiro atoms. The Morgan fingerprint density at radius 2 is 1.86 bits per heavy atom. The van der Waals surface area contributed by atoms with E-state index in [0.29, 0.717) is 6.04 Å². The van der Waals surface area contributed by atoms with Crippen LogP contribution in [0.15, 0.2) is 42.7 Å². The van der Waals surface area contributed by atoms with Crippen LogP contribution in [-0.2, 0) is 13.1 Å². The maximum atomic E-state index is 4.07. The van der Waals surface area contributed by atoms with Crippen molar-refractivity contribution in [3.05, 3.63) is 59.4 Å². The standard InChI is InChI=1S/C18H25N3/c1-14(2)20-12-17-11-15(3)5-6-18(17)21(4)13-16-7-9-19-10-8-16/h5-11,14,20H,12-13H2,1-4H3. The third-order valence-electron chi connectivity index (χ3n) is 3.52. The van der Waals surface area contributed by atoms with Crippen molar-refractivity contribution in [2.75, 3.05) is 11.9 Å². The number of hydrogen-bond acceptors (Lipinski definition) is 3. The lowest BCUT2D eigenvalue weighted by atomic mass is 10.1. The molecule has 0 radical (unpaired) electrons. The summed E-state index contributed by atoms with van der Waals surface area (Å²) in [5, 5.41) is 3.51. The van der Waals surface area contributed by atoms with Gasteiger partial charge in [-0.25, -0.2) is 0 Å². The largest absolute Gasteiger partial charge is 0.370 e. The summed E-state index contributed by atoms with van der Waals surface area (Å²) in [6.07, 6.45) is 3.69. The Balaban J connectivity index is 2.17. The van der Waals surface area contributed by atoms with Crippen LogP contribution in [-0.4, -0.2) is 18.1 Å². The number of aryl methyl sites for hydroxylation is 1. The molecule has 21 heavy (non-hydrogen) atoms. The predicted molar refractivity (Wildman–Crippen MR) is 89.5 cm³/mol. The first-order chi connectivity index (χ1) is 10.1. The minimum absolute atomic E-state index is 0.490. The molecule has 1 aromatic heterocycles. The van der Waals surface area contributed by atoms with Gasteiger partial charge >= 0.3 is 0 Å². The minimum atomic E-state index is 0.490. The first-order valence-corrected chi connectivity index (χ1v) is 7.49. The summed E-state index contributed by atoms with van der Waals surface area (Å²) >= 11 is 0. The van der Waals surface area contributed by atoms with Crippen molar-refractivity contribution < 1.29 is 0 Å². The maximum absolute atomic E-state index is 4.07. The van der Waals surface area contributed by atoms with Crippen molar-refractivity contribution in [1.82, 2.24) is 10.3 Å². The van der Waals surface area contributed by atoms with E-state index in [2.05, 4.69) is 73.4 Å². The van der Waals surface area contributed by atoms with E-state index in [4.69, 9.17) is 0 Å². The quantitative estimate of drug-likeness (QED) is 0.879. The molecule has 0 aliphatic heterocycles. The number of nitrogens with one attached hydrogen (secondary N) is 1. The molecule has 0 unspecified atom stereocenters. The van der Waals surface area contributed by atoms with E-state index >= 15 is 0 Å². The van der Waals surface area contributed by atoms with Gasteiger partial charge in [-0.15, -0.1) is 0 Å². The normalized spacial score (nSPS) is 10.9. The van der Waals surface area contributed by atoms with E-state index in [1.165, 1.54) is 22.4 Å². The van der Waals surface area contributed by atoms with Crippen molar-refractivity contribution in [2.24, 2.45) is 0 Å². The molecule has 3 heteroatoms. The first kappa shape index (κ1) is 15.5. The second-order valence-electron chi connectivity index (χ2n) is 5.88. The second-order valence-corrected chi connectivity index (χ2v) is 5.88. The topological polar surface area (TPSA) is 28.2 Å². The van der Waals surface area contributed by atoms with E-state index in [0.717, 1.165) is 13.1 Å². The molecular formula is C18H25N3. The maximum Gasteiger partial charge on any atom is 0.0427 e. The lowest BCUT2D eigenvalue weighted by molar-refractivity contribution is 0.588.